The number of rotatable bonds is 2. The van der Waals surface area contributed by atoms with E-state index in [1.165, 1.54) is 11.3 Å². The zero-order chi connectivity index (χ0) is 9.97. The molecule has 1 aromatic heterocycles. The molecule has 1 N–H and O–H groups in total. The Labute approximate surface area is 87.1 Å². The quantitative estimate of drug-likeness (QED) is 0.814. The number of aliphatic hydroxyl groups is 1. The summed E-state index contributed by atoms with van der Waals surface area (Å²) in [5.74, 6) is 0. The molecular weight excluding hydrogens is 198 g/mol. The van der Waals surface area contributed by atoms with E-state index in [2.05, 4.69) is 4.98 Å². The summed E-state index contributed by atoms with van der Waals surface area (Å²) in [7, 11) is 1.62. The molecule has 0 bridgehead atoms. The van der Waals surface area contributed by atoms with Crippen LogP contribution in [0.3, 0.4) is 0 Å². The van der Waals surface area contributed by atoms with Crippen LogP contribution < -0.4 is 4.74 Å². The fourth-order valence-corrected chi connectivity index (χ4v) is 2.28. The third kappa shape index (κ3) is 1.96. The van der Waals surface area contributed by atoms with Gasteiger partial charge in [-0.3, -0.25) is 0 Å². The van der Waals surface area contributed by atoms with Gasteiger partial charge in [-0.15, -0.1) is 0 Å². The molecule has 1 heterocycles. The van der Waals surface area contributed by atoms with Gasteiger partial charge in [0, 0.05) is 5.38 Å². The summed E-state index contributed by atoms with van der Waals surface area (Å²) in [5, 5.41) is 12.1. The van der Waals surface area contributed by atoms with Crippen molar-refractivity contribution in [3.05, 3.63) is 17.2 Å². The van der Waals surface area contributed by atoms with Crippen LogP contribution in [0.4, 0.5) is 0 Å². The molecule has 0 radical (unpaired) electrons. The van der Waals surface area contributed by atoms with E-state index in [0.29, 0.717) is 5.19 Å². The molecule has 1 unspecified atom stereocenters. The van der Waals surface area contributed by atoms with E-state index in [1.54, 1.807) is 7.11 Å². The monoisotopic (exact) mass is 211 g/mol. The van der Waals surface area contributed by atoms with E-state index < -0.39 is 0 Å². The number of thiazole rings is 1. The maximum Gasteiger partial charge on any atom is 0.273 e. The molecule has 1 aromatic rings. The van der Waals surface area contributed by atoms with Crippen molar-refractivity contribution in [2.24, 2.45) is 0 Å². The Balaban J connectivity index is 2.21. The molecule has 0 aliphatic heterocycles. The number of hydrogen-bond donors (Lipinski definition) is 1. The normalized spacial score (nSPS) is 21.9. The molecule has 0 amide bonds. The summed E-state index contributed by atoms with van der Waals surface area (Å²) in [4.78, 5) is 4.30. The predicted molar refractivity (Wildman–Crippen MR) is 56.5 cm³/mol. The summed E-state index contributed by atoms with van der Waals surface area (Å²) in [6.07, 6.45) is 4.51. The molecule has 0 saturated carbocycles. The molecule has 0 saturated heterocycles. The van der Waals surface area contributed by atoms with Gasteiger partial charge in [-0.1, -0.05) is 17.4 Å². The van der Waals surface area contributed by atoms with Crippen LogP contribution in [0.25, 0.3) is 5.57 Å². The van der Waals surface area contributed by atoms with Crippen molar-refractivity contribution in [2.75, 3.05) is 7.11 Å². The van der Waals surface area contributed by atoms with Crippen LogP contribution in [-0.4, -0.2) is 23.3 Å². The van der Waals surface area contributed by atoms with Crippen LogP contribution in [0, 0.1) is 0 Å². The standard InChI is InChI=1S/C10H13NO2S/c1-13-10-11-9(6-14-10)7-3-2-4-8(12)5-7/h5-6,8,12H,2-4H2,1H3. The van der Waals surface area contributed by atoms with Crippen molar-refractivity contribution in [3.8, 4) is 5.19 Å². The first-order valence-electron chi connectivity index (χ1n) is 4.68. The van der Waals surface area contributed by atoms with Crippen molar-refractivity contribution in [1.82, 2.24) is 4.98 Å². The van der Waals surface area contributed by atoms with E-state index in [9.17, 15) is 5.11 Å². The summed E-state index contributed by atoms with van der Waals surface area (Å²) in [6, 6.07) is 0. The summed E-state index contributed by atoms with van der Waals surface area (Å²) < 4.78 is 5.03. The van der Waals surface area contributed by atoms with Gasteiger partial charge in [-0.05, 0) is 24.8 Å². The first-order valence-corrected chi connectivity index (χ1v) is 5.56. The predicted octanol–water partition coefficient (Wildman–Crippen LogP) is 2.08. The molecule has 1 atom stereocenters. The van der Waals surface area contributed by atoms with Gasteiger partial charge in [0.1, 0.15) is 0 Å². The number of ether oxygens (including phenoxy) is 1. The fourth-order valence-electron chi connectivity index (χ4n) is 1.61. The highest BCUT2D eigenvalue weighted by Gasteiger charge is 2.14. The van der Waals surface area contributed by atoms with E-state index in [1.807, 2.05) is 11.5 Å². The van der Waals surface area contributed by atoms with Crippen LogP contribution in [0.1, 0.15) is 25.0 Å². The summed E-state index contributed by atoms with van der Waals surface area (Å²) >= 11 is 1.49. The first kappa shape index (κ1) is 9.68. The van der Waals surface area contributed by atoms with Gasteiger partial charge in [0.25, 0.3) is 5.19 Å². The second kappa shape index (κ2) is 4.11. The average Bonchev–Trinajstić information content (AvgIpc) is 2.66. The zero-order valence-corrected chi connectivity index (χ0v) is 8.88. The summed E-state index contributed by atoms with van der Waals surface area (Å²) in [5.41, 5.74) is 2.09. The highest BCUT2D eigenvalue weighted by atomic mass is 32.1. The minimum Gasteiger partial charge on any atom is -0.473 e. The highest BCUT2D eigenvalue weighted by molar-refractivity contribution is 7.11. The maximum absolute atomic E-state index is 9.47. The Bertz CT molecular complexity index is 346. The second-order valence-electron chi connectivity index (χ2n) is 3.35. The second-order valence-corrected chi connectivity index (χ2v) is 4.17. The van der Waals surface area contributed by atoms with E-state index in [4.69, 9.17) is 4.74 Å². The fraction of sp³-hybridized carbons (Fsp3) is 0.500. The van der Waals surface area contributed by atoms with Gasteiger partial charge in [-0.2, -0.15) is 0 Å². The van der Waals surface area contributed by atoms with Crippen LogP contribution >= 0.6 is 11.3 Å². The molecule has 14 heavy (non-hydrogen) atoms. The Morgan fingerprint density at radius 3 is 3.14 bits per heavy atom. The van der Waals surface area contributed by atoms with Gasteiger partial charge < -0.3 is 9.84 Å². The lowest BCUT2D eigenvalue weighted by atomic mass is 9.96. The molecule has 76 valence electrons. The van der Waals surface area contributed by atoms with E-state index in [-0.39, 0.29) is 6.10 Å². The highest BCUT2D eigenvalue weighted by Crippen LogP contribution is 2.29. The van der Waals surface area contributed by atoms with Gasteiger partial charge in [0.2, 0.25) is 0 Å². The minimum atomic E-state index is -0.300. The van der Waals surface area contributed by atoms with Crippen molar-refractivity contribution in [1.29, 1.82) is 0 Å². The lowest BCUT2D eigenvalue weighted by Crippen LogP contribution is -2.08. The van der Waals surface area contributed by atoms with E-state index >= 15 is 0 Å². The molecule has 1 aliphatic rings. The SMILES string of the molecule is COc1nc(C2=CC(O)CCC2)cs1. The zero-order valence-electron chi connectivity index (χ0n) is 8.06. The molecule has 4 heteroatoms. The maximum atomic E-state index is 9.47. The average molecular weight is 211 g/mol. The Morgan fingerprint density at radius 2 is 2.50 bits per heavy atom. The van der Waals surface area contributed by atoms with Crippen LogP contribution in [0.15, 0.2) is 11.5 Å². The van der Waals surface area contributed by atoms with Crippen molar-refractivity contribution in [2.45, 2.75) is 25.4 Å². The number of allylic oxidation sites excluding steroid dienone is 1. The Hall–Kier alpha value is -0.870. The number of hydrogen-bond acceptors (Lipinski definition) is 4. The van der Waals surface area contributed by atoms with Gasteiger partial charge >= 0.3 is 0 Å². The molecule has 0 spiro atoms. The Kier molecular flexibility index (Phi) is 2.84. The largest absolute Gasteiger partial charge is 0.473 e. The van der Waals surface area contributed by atoms with Crippen LogP contribution in [0.2, 0.25) is 0 Å². The van der Waals surface area contributed by atoms with E-state index in [0.717, 1.165) is 30.5 Å². The number of methoxy groups -OCH3 is 1. The molecule has 0 aromatic carbocycles. The topological polar surface area (TPSA) is 42.4 Å². The van der Waals surface area contributed by atoms with Gasteiger partial charge in [-0.25, -0.2) is 4.98 Å². The number of aliphatic hydroxyl groups excluding tert-OH is 1. The van der Waals surface area contributed by atoms with Crippen LogP contribution in [-0.2, 0) is 0 Å². The molecule has 1 aliphatic carbocycles. The number of aromatic nitrogens is 1. The molecule has 3 nitrogen and oxygen atoms in total. The summed E-state index contributed by atoms with van der Waals surface area (Å²) in [6.45, 7) is 0. The smallest absolute Gasteiger partial charge is 0.273 e. The minimum absolute atomic E-state index is 0.300. The lowest BCUT2D eigenvalue weighted by molar-refractivity contribution is 0.206. The van der Waals surface area contributed by atoms with Gasteiger partial charge in [0.05, 0.1) is 18.9 Å². The van der Waals surface area contributed by atoms with Crippen molar-refractivity contribution < 1.29 is 9.84 Å². The molecular formula is C10H13NO2S. The first-order chi connectivity index (χ1) is 6.79. The number of nitrogens with zero attached hydrogens (tertiary/aromatic N) is 1. The third-order valence-corrected chi connectivity index (χ3v) is 3.13. The van der Waals surface area contributed by atoms with Crippen molar-refractivity contribution >= 4 is 16.9 Å². The Morgan fingerprint density at radius 1 is 1.64 bits per heavy atom. The third-order valence-electron chi connectivity index (χ3n) is 2.33. The molecule has 2 rings (SSSR count). The lowest BCUT2D eigenvalue weighted by Gasteiger charge is -2.15. The molecule has 0 fully saturated rings. The van der Waals surface area contributed by atoms with Crippen LogP contribution in [0.5, 0.6) is 5.19 Å². The van der Waals surface area contributed by atoms with Gasteiger partial charge in [0.15, 0.2) is 0 Å². The van der Waals surface area contributed by atoms with Crippen molar-refractivity contribution in [3.63, 3.8) is 0 Å².